The van der Waals surface area contributed by atoms with Gasteiger partial charge in [0.05, 0.1) is 6.10 Å². The summed E-state index contributed by atoms with van der Waals surface area (Å²) in [5, 5.41) is 19.2. The van der Waals surface area contributed by atoms with Crippen LogP contribution in [0.1, 0.15) is 28.4 Å². The van der Waals surface area contributed by atoms with E-state index in [4.69, 9.17) is 0 Å². The van der Waals surface area contributed by atoms with Crippen molar-refractivity contribution in [1.29, 1.82) is 0 Å². The van der Waals surface area contributed by atoms with Crippen molar-refractivity contribution in [3.8, 4) is 0 Å². The summed E-state index contributed by atoms with van der Waals surface area (Å²) < 4.78 is 13.1. The van der Waals surface area contributed by atoms with Crippen molar-refractivity contribution >= 4 is 18.9 Å². The van der Waals surface area contributed by atoms with E-state index < -0.39 is 18.0 Å². The molecule has 0 fully saturated rings. The summed E-state index contributed by atoms with van der Waals surface area (Å²) in [6, 6.07) is 3.51. The fraction of sp³-hybridized carbons (Fsp3) is 0.364. The minimum atomic E-state index is -1.21. The van der Waals surface area contributed by atoms with Gasteiger partial charge in [0.1, 0.15) is 18.2 Å². The topological polar surface area (TPSA) is 57.5 Å². The van der Waals surface area contributed by atoms with Crippen LogP contribution < -0.4 is 0 Å². The summed E-state index contributed by atoms with van der Waals surface area (Å²) in [5.41, 5.74) is 0.323. The lowest BCUT2D eigenvalue weighted by molar-refractivity contribution is 0.0170. The van der Waals surface area contributed by atoms with Crippen molar-refractivity contribution in [3.05, 3.63) is 35.1 Å². The van der Waals surface area contributed by atoms with Crippen molar-refractivity contribution in [3.63, 3.8) is 0 Å². The van der Waals surface area contributed by atoms with E-state index >= 15 is 0 Å². The summed E-state index contributed by atoms with van der Waals surface area (Å²) in [7, 11) is 0. The van der Waals surface area contributed by atoms with Crippen LogP contribution in [0.2, 0.25) is 0 Å². The average Bonchev–Trinajstić information content (AvgIpc) is 2.27. The third-order valence-electron chi connectivity index (χ3n) is 2.21. The van der Waals surface area contributed by atoms with E-state index in [-0.39, 0.29) is 17.5 Å². The van der Waals surface area contributed by atoms with Gasteiger partial charge in [0, 0.05) is 5.56 Å². The first-order chi connectivity index (χ1) is 7.58. The van der Waals surface area contributed by atoms with Crippen LogP contribution in [0.25, 0.3) is 0 Å². The molecule has 0 amide bonds. The van der Waals surface area contributed by atoms with Crippen LogP contribution >= 0.6 is 12.6 Å². The van der Waals surface area contributed by atoms with Crippen molar-refractivity contribution in [2.75, 3.05) is 5.75 Å². The molecule has 1 aromatic rings. The van der Waals surface area contributed by atoms with Gasteiger partial charge in [-0.1, -0.05) is 0 Å². The van der Waals surface area contributed by atoms with Crippen LogP contribution in [0.3, 0.4) is 0 Å². The van der Waals surface area contributed by atoms with Gasteiger partial charge < -0.3 is 10.2 Å². The SMILES string of the molecule is O=Cc1cc(F)cc(C(O)C(O)CCS)c1. The predicted octanol–water partition coefficient (Wildman–Crippen LogP) is 1.35. The van der Waals surface area contributed by atoms with Crippen molar-refractivity contribution in [1.82, 2.24) is 0 Å². The minimum Gasteiger partial charge on any atom is -0.390 e. The Balaban J connectivity index is 2.93. The van der Waals surface area contributed by atoms with Gasteiger partial charge in [-0.05, 0) is 35.9 Å². The Labute approximate surface area is 98.3 Å². The Hall–Kier alpha value is -0.910. The summed E-state index contributed by atoms with van der Waals surface area (Å²) in [6.45, 7) is 0. The maximum absolute atomic E-state index is 13.1. The van der Waals surface area contributed by atoms with E-state index in [1.807, 2.05) is 0 Å². The molecule has 1 aromatic carbocycles. The number of carbonyl (C=O) groups excluding carboxylic acids is 1. The number of aliphatic hydroxyl groups is 2. The van der Waals surface area contributed by atoms with Gasteiger partial charge in [-0.15, -0.1) is 0 Å². The van der Waals surface area contributed by atoms with Crippen LogP contribution in [-0.4, -0.2) is 28.4 Å². The van der Waals surface area contributed by atoms with Crippen LogP contribution in [-0.2, 0) is 0 Å². The number of halogens is 1. The Morgan fingerprint density at radius 1 is 1.38 bits per heavy atom. The predicted molar refractivity (Wildman–Crippen MR) is 61.2 cm³/mol. The molecule has 16 heavy (non-hydrogen) atoms. The number of hydrogen-bond donors (Lipinski definition) is 3. The van der Waals surface area contributed by atoms with Crippen LogP contribution in [0, 0.1) is 5.82 Å². The van der Waals surface area contributed by atoms with Gasteiger partial charge in [-0.2, -0.15) is 12.6 Å². The molecular weight excluding hydrogens is 231 g/mol. The second-order valence-electron chi connectivity index (χ2n) is 3.46. The number of aliphatic hydroxyl groups excluding tert-OH is 2. The summed E-state index contributed by atoms with van der Waals surface area (Å²) >= 11 is 3.92. The van der Waals surface area contributed by atoms with E-state index in [0.29, 0.717) is 12.0 Å². The van der Waals surface area contributed by atoms with Crippen LogP contribution in [0.4, 0.5) is 4.39 Å². The molecule has 88 valence electrons. The summed E-state index contributed by atoms with van der Waals surface area (Å²) in [4.78, 5) is 10.5. The van der Waals surface area contributed by atoms with Crippen LogP contribution in [0.5, 0.6) is 0 Å². The molecule has 2 N–H and O–H groups in total. The molecule has 0 aromatic heterocycles. The fourth-order valence-corrected chi connectivity index (χ4v) is 1.65. The van der Waals surface area contributed by atoms with Gasteiger partial charge in [0.25, 0.3) is 0 Å². The highest BCUT2D eigenvalue weighted by Gasteiger charge is 2.18. The highest BCUT2D eigenvalue weighted by atomic mass is 32.1. The second kappa shape index (κ2) is 5.98. The molecule has 0 heterocycles. The highest BCUT2D eigenvalue weighted by molar-refractivity contribution is 7.80. The van der Waals surface area contributed by atoms with E-state index in [1.54, 1.807) is 0 Å². The molecule has 0 spiro atoms. The Morgan fingerprint density at radius 2 is 2.06 bits per heavy atom. The molecule has 0 bridgehead atoms. The Kier molecular flexibility index (Phi) is 4.92. The molecule has 0 saturated carbocycles. The standard InChI is InChI=1S/C11H13FO3S/c12-9-4-7(6-13)3-8(5-9)11(15)10(14)1-2-16/h3-6,10-11,14-16H,1-2H2. The number of carbonyl (C=O) groups is 1. The summed E-state index contributed by atoms with van der Waals surface area (Å²) in [6.07, 6.45) is -1.44. The van der Waals surface area contributed by atoms with Gasteiger partial charge in [-0.25, -0.2) is 4.39 Å². The molecular formula is C11H13FO3S. The molecule has 3 nitrogen and oxygen atoms in total. The highest BCUT2D eigenvalue weighted by Crippen LogP contribution is 2.21. The zero-order chi connectivity index (χ0) is 12.1. The number of aldehydes is 1. The largest absolute Gasteiger partial charge is 0.390 e. The lowest BCUT2D eigenvalue weighted by Gasteiger charge is -2.17. The number of thiol groups is 1. The lowest BCUT2D eigenvalue weighted by Crippen LogP contribution is -2.19. The first kappa shape index (κ1) is 13.2. The van der Waals surface area contributed by atoms with E-state index in [0.717, 1.165) is 12.1 Å². The fourth-order valence-electron chi connectivity index (χ4n) is 1.39. The van der Waals surface area contributed by atoms with Crippen LogP contribution in [0.15, 0.2) is 18.2 Å². The number of benzene rings is 1. The van der Waals surface area contributed by atoms with Gasteiger partial charge in [0.15, 0.2) is 0 Å². The second-order valence-corrected chi connectivity index (χ2v) is 3.91. The monoisotopic (exact) mass is 244 g/mol. The van der Waals surface area contributed by atoms with Gasteiger partial charge in [0.2, 0.25) is 0 Å². The first-order valence-electron chi connectivity index (χ1n) is 4.81. The first-order valence-corrected chi connectivity index (χ1v) is 5.44. The molecule has 0 radical (unpaired) electrons. The third-order valence-corrected chi connectivity index (χ3v) is 2.47. The van der Waals surface area contributed by atoms with Gasteiger partial charge in [-0.3, -0.25) is 4.79 Å². The van der Waals surface area contributed by atoms with E-state index in [9.17, 15) is 19.4 Å². The van der Waals surface area contributed by atoms with Crippen molar-refractivity contribution in [2.45, 2.75) is 18.6 Å². The maximum Gasteiger partial charge on any atom is 0.150 e. The molecule has 0 aliphatic carbocycles. The molecule has 1 rings (SSSR count). The molecule has 0 aliphatic rings. The zero-order valence-electron chi connectivity index (χ0n) is 8.51. The molecule has 0 aliphatic heterocycles. The number of hydrogen-bond acceptors (Lipinski definition) is 4. The third kappa shape index (κ3) is 3.30. The van der Waals surface area contributed by atoms with E-state index in [2.05, 4.69) is 12.6 Å². The number of rotatable bonds is 5. The Bertz CT molecular complexity index is 370. The van der Waals surface area contributed by atoms with Crippen molar-refractivity contribution < 1.29 is 19.4 Å². The van der Waals surface area contributed by atoms with E-state index in [1.165, 1.54) is 6.07 Å². The maximum atomic E-state index is 13.1. The summed E-state index contributed by atoms with van der Waals surface area (Å²) in [5.74, 6) is -0.203. The molecule has 5 heteroatoms. The normalized spacial score (nSPS) is 14.5. The van der Waals surface area contributed by atoms with Gasteiger partial charge >= 0.3 is 0 Å². The smallest absolute Gasteiger partial charge is 0.150 e. The quantitative estimate of drug-likeness (QED) is 0.541. The molecule has 0 saturated heterocycles. The average molecular weight is 244 g/mol. The Morgan fingerprint density at radius 3 is 2.62 bits per heavy atom. The molecule has 2 unspecified atom stereocenters. The lowest BCUT2D eigenvalue weighted by atomic mass is 10.0. The minimum absolute atomic E-state index is 0.132. The molecule has 2 atom stereocenters. The zero-order valence-corrected chi connectivity index (χ0v) is 9.40. The van der Waals surface area contributed by atoms with Crippen molar-refractivity contribution in [2.24, 2.45) is 0 Å².